The third kappa shape index (κ3) is 4.27. The van der Waals surface area contributed by atoms with Crippen molar-refractivity contribution in [2.75, 3.05) is 11.5 Å². The van der Waals surface area contributed by atoms with Gasteiger partial charge in [0.25, 0.3) is 5.91 Å². The first-order chi connectivity index (χ1) is 19.8. The van der Waals surface area contributed by atoms with Crippen molar-refractivity contribution in [1.29, 1.82) is 0 Å². The molecule has 2 fully saturated rings. The molecule has 2 saturated heterocycles. The smallest absolute Gasteiger partial charge is 0.254 e. The lowest BCUT2D eigenvalue weighted by Gasteiger charge is -2.46. The van der Waals surface area contributed by atoms with Gasteiger partial charge in [-0.15, -0.1) is 6.58 Å². The van der Waals surface area contributed by atoms with Crippen LogP contribution in [0, 0.1) is 5.41 Å². The van der Waals surface area contributed by atoms with E-state index in [1.54, 1.807) is 9.80 Å². The molecule has 0 saturated carbocycles. The maximum atomic E-state index is 14.3. The lowest BCUT2D eigenvalue weighted by molar-refractivity contribution is -0.150. The summed E-state index contributed by atoms with van der Waals surface area (Å²) in [5.74, 6) is -0.621. The highest BCUT2D eigenvalue weighted by atomic mass is 16.5. The van der Waals surface area contributed by atoms with Crippen LogP contribution in [0.3, 0.4) is 0 Å². The van der Waals surface area contributed by atoms with Crippen molar-refractivity contribution in [3.05, 3.63) is 114 Å². The molecular weight excluding hydrogens is 514 g/mol. The summed E-state index contributed by atoms with van der Waals surface area (Å²) in [4.78, 5) is 45.4. The van der Waals surface area contributed by atoms with Gasteiger partial charge in [-0.1, -0.05) is 98.8 Å². The van der Waals surface area contributed by atoms with Crippen LogP contribution in [-0.2, 0) is 37.6 Å². The Morgan fingerprint density at radius 1 is 1.00 bits per heavy atom. The number of nitrogens with zero attached hydrogens (tertiary/aromatic N) is 2. The number of carbonyl (C=O) groups is 3. The Balaban J connectivity index is 1.40. The van der Waals surface area contributed by atoms with Gasteiger partial charge in [0.1, 0.15) is 24.9 Å². The molecule has 7 heteroatoms. The van der Waals surface area contributed by atoms with Crippen molar-refractivity contribution in [2.45, 2.75) is 57.0 Å². The van der Waals surface area contributed by atoms with E-state index in [0.29, 0.717) is 19.4 Å². The molecule has 0 radical (unpaired) electrons. The summed E-state index contributed by atoms with van der Waals surface area (Å²) in [6.07, 6.45) is 1.96. The molecule has 7 nitrogen and oxygen atoms in total. The third-order valence-corrected chi connectivity index (χ3v) is 9.16. The van der Waals surface area contributed by atoms with E-state index in [2.05, 4.69) is 25.7 Å². The first kappa shape index (κ1) is 27.0. The van der Waals surface area contributed by atoms with Gasteiger partial charge in [0.15, 0.2) is 0 Å². The number of ether oxygens (including phenoxy) is 1. The molecular formula is C34H35N3O4. The first-order valence-corrected chi connectivity index (χ1v) is 14.1. The van der Waals surface area contributed by atoms with Gasteiger partial charge in [-0.2, -0.15) is 0 Å². The van der Waals surface area contributed by atoms with Crippen molar-refractivity contribution < 1.29 is 19.1 Å². The molecule has 41 heavy (non-hydrogen) atoms. The summed E-state index contributed by atoms with van der Waals surface area (Å²) in [7, 11) is 0. The second-order valence-corrected chi connectivity index (χ2v) is 11.7. The molecule has 0 aliphatic carbocycles. The summed E-state index contributed by atoms with van der Waals surface area (Å²) >= 11 is 0. The van der Waals surface area contributed by atoms with Crippen LogP contribution < -0.4 is 10.2 Å². The summed E-state index contributed by atoms with van der Waals surface area (Å²) in [6, 6.07) is 25.7. The molecule has 3 aliphatic heterocycles. The summed E-state index contributed by atoms with van der Waals surface area (Å²) in [6.45, 7) is 8.44. The minimum atomic E-state index is -0.736. The normalized spacial score (nSPS) is 24.9. The molecule has 6 rings (SSSR count). The lowest BCUT2D eigenvalue weighted by Crippen LogP contribution is -2.67. The Morgan fingerprint density at radius 2 is 1.63 bits per heavy atom. The minimum absolute atomic E-state index is 0.156. The van der Waals surface area contributed by atoms with Crippen LogP contribution in [0.5, 0.6) is 0 Å². The molecule has 0 aromatic heterocycles. The van der Waals surface area contributed by atoms with Crippen molar-refractivity contribution in [3.8, 4) is 0 Å². The van der Waals surface area contributed by atoms with Gasteiger partial charge >= 0.3 is 0 Å². The number of piperazine rings is 1. The van der Waals surface area contributed by atoms with Crippen LogP contribution in [0.2, 0.25) is 0 Å². The Morgan fingerprint density at radius 3 is 2.32 bits per heavy atom. The predicted octanol–water partition coefficient (Wildman–Crippen LogP) is 4.37. The highest BCUT2D eigenvalue weighted by molar-refractivity contribution is 6.03. The maximum absolute atomic E-state index is 14.3. The van der Waals surface area contributed by atoms with Gasteiger partial charge < -0.3 is 15.0 Å². The molecule has 0 unspecified atom stereocenters. The van der Waals surface area contributed by atoms with Gasteiger partial charge in [-0.05, 0) is 34.6 Å². The first-order valence-electron chi connectivity index (χ1n) is 14.1. The standard InChI is InChI=1S/C34H35N3O4/c1-4-33(2,3)34-20-28-30(39)35-26(19-23-13-7-5-8-14-23)31(40)37(28)32(34)36(27-18-12-11-17-25(27)34)29(38)22-41-21-24-15-9-6-10-16-24/h4-18,26,28,32H,1,19-22H2,2-3H3,(H,35,39)/t26-,28-,32-,34+/m0/s1. The largest absolute Gasteiger partial charge is 0.367 e. The van der Waals surface area contributed by atoms with E-state index in [1.165, 1.54) is 0 Å². The van der Waals surface area contributed by atoms with Gasteiger partial charge in [0.05, 0.1) is 6.61 Å². The average Bonchev–Trinajstić information content (AvgIpc) is 3.49. The number of hydrogen-bond donors (Lipinski definition) is 1. The van der Waals surface area contributed by atoms with E-state index < -0.39 is 29.1 Å². The monoisotopic (exact) mass is 549 g/mol. The number of fused-ring (bicyclic) bond motifs is 5. The summed E-state index contributed by atoms with van der Waals surface area (Å²) < 4.78 is 5.89. The fourth-order valence-electron chi connectivity index (χ4n) is 6.99. The Labute approximate surface area is 240 Å². The quantitative estimate of drug-likeness (QED) is 0.424. The van der Waals surface area contributed by atoms with Crippen LogP contribution in [0.4, 0.5) is 5.69 Å². The minimum Gasteiger partial charge on any atom is -0.367 e. The maximum Gasteiger partial charge on any atom is 0.254 e. The highest BCUT2D eigenvalue weighted by Gasteiger charge is 2.70. The van der Waals surface area contributed by atoms with Crippen molar-refractivity contribution >= 4 is 23.4 Å². The van der Waals surface area contributed by atoms with E-state index in [4.69, 9.17) is 4.74 Å². The van der Waals surface area contributed by atoms with E-state index in [9.17, 15) is 14.4 Å². The second-order valence-electron chi connectivity index (χ2n) is 11.7. The topological polar surface area (TPSA) is 79.0 Å². The average molecular weight is 550 g/mol. The number of anilines is 1. The number of nitrogens with one attached hydrogen (secondary N) is 1. The van der Waals surface area contributed by atoms with Gasteiger partial charge in [-0.3, -0.25) is 19.3 Å². The van der Waals surface area contributed by atoms with Gasteiger partial charge in [-0.25, -0.2) is 0 Å². The highest BCUT2D eigenvalue weighted by Crippen LogP contribution is 2.62. The number of amides is 3. The Kier molecular flexibility index (Phi) is 6.78. The van der Waals surface area contributed by atoms with Crippen molar-refractivity contribution in [2.24, 2.45) is 5.41 Å². The number of allylic oxidation sites excluding steroid dienone is 1. The summed E-state index contributed by atoms with van der Waals surface area (Å²) in [5.41, 5.74) is 2.33. The molecule has 4 atom stereocenters. The van der Waals surface area contributed by atoms with E-state index in [1.807, 2.05) is 91.0 Å². The zero-order valence-corrected chi connectivity index (χ0v) is 23.5. The third-order valence-electron chi connectivity index (χ3n) is 9.16. The zero-order chi connectivity index (χ0) is 28.8. The molecule has 3 aromatic rings. The molecule has 3 amide bonds. The molecule has 3 aliphatic rings. The molecule has 1 N–H and O–H groups in total. The Hall–Kier alpha value is -4.23. The van der Waals surface area contributed by atoms with Crippen molar-refractivity contribution in [3.63, 3.8) is 0 Å². The van der Waals surface area contributed by atoms with Crippen LogP contribution in [0.15, 0.2) is 97.6 Å². The number of para-hydroxylation sites is 1. The van der Waals surface area contributed by atoms with Gasteiger partial charge in [0, 0.05) is 17.5 Å². The van der Waals surface area contributed by atoms with Gasteiger partial charge in [0.2, 0.25) is 11.8 Å². The molecule has 210 valence electrons. The van der Waals surface area contributed by atoms with E-state index >= 15 is 0 Å². The summed E-state index contributed by atoms with van der Waals surface area (Å²) in [5, 5.41) is 3.00. The number of carbonyl (C=O) groups excluding carboxylic acids is 3. The van der Waals surface area contributed by atoms with Crippen LogP contribution >= 0.6 is 0 Å². The fourth-order valence-corrected chi connectivity index (χ4v) is 6.99. The lowest BCUT2D eigenvalue weighted by atomic mass is 9.60. The number of benzene rings is 3. The number of hydrogen-bond acceptors (Lipinski definition) is 4. The van der Waals surface area contributed by atoms with E-state index in [0.717, 1.165) is 22.4 Å². The van der Waals surface area contributed by atoms with E-state index in [-0.39, 0.29) is 24.3 Å². The SMILES string of the molecule is C=CC(C)(C)[C@@]12C[C@H]3C(=O)N[C@@H](Cc4ccccc4)C(=O)N3[C@@H]1N(C(=O)COCc1ccccc1)c1ccccc12. The second kappa shape index (κ2) is 10.3. The van der Waals surface area contributed by atoms with Crippen LogP contribution in [-0.4, -0.2) is 47.5 Å². The number of rotatable bonds is 8. The zero-order valence-electron chi connectivity index (χ0n) is 23.5. The Bertz CT molecular complexity index is 1490. The molecule has 3 aromatic carbocycles. The van der Waals surface area contributed by atoms with Crippen LogP contribution in [0.25, 0.3) is 0 Å². The van der Waals surface area contributed by atoms with Crippen molar-refractivity contribution in [1.82, 2.24) is 10.2 Å². The molecule has 0 bridgehead atoms. The molecule has 3 heterocycles. The fraction of sp³-hybridized carbons (Fsp3) is 0.324. The molecule has 0 spiro atoms. The van der Waals surface area contributed by atoms with Crippen LogP contribution in [0.1, 0.15) is 37.0 Å². The predicted molar refractivity (Wildman–Crippen MR) is 157 cm³/mol.